The zero-order valence-electron chi connectivity index (χ0n) is 9.32. The number of hydrogen-bond acceptors (Lipinski definition) is 0. The number of allylic oxidation sites excluding steroid dienone is 12. The predicted octanol–water partition coefficient (Wildman–Crippen LogP) is 3.91. The Kier molecular flexibility index (Phi) is 11.6. The van der Waals surface area contributed by atoms with Gasteiger partial charge in [-0.3, -0.25) is 18.2 Å². The van der Waals surface area contributed by atoms with Crippen LogP contribution in [0.4, 0.5) is 0 Å². The fourth-order valence-corrected chi connectivity index (χ4v) is 1.02. The molecule has 79 valence electrons. The molecule has 0 aliphatic heterocycles. The van der Waals surface area contributed by atoms with E-state index in [1.807, 2.05) is 36.5 Å². The van der Waals surface area contributed by atoms with E-state index in [2.05, 4.69) is 36.5 Å². The quantitative estimate of drug-likeness (QED) is 0.447. The largest absolute Gasteiger partial charge is 3.00 e. The summed E-state index contributed by atoms with van der Waals surface area (Å²) >= 11 is 0. The van der Waals surface area contributed by atoms with Crippen LogP contribution in [0.5, 0.6) is 0 Å². The first-order valence-electron chi connectivity index (χ1n) is 5.15. The van der Waals surface area contributed by atoms with Crippen molar-refractivity contribution in [3.63, 3.8) is 0 Å². The molecule has 0 unspecified atom stereocenters. The van der Waals surface area contributed by atoms with Crippen LogP contribution in [0.15, 0.2) is 54.7 Å². The third kappa shape index (κ3) is 9.70. The van der Waals surface area contributed by atoms with Crippen LogP contribution in [-0.2, 0) is 21.7 Å². The molecule has 0 bridgehead atoms. The molecule has 3 aliphatic rings. The van der Waals surface area contributed by atoms with E-state index in [4.69, 9.17) is 0 Å². The first kappa shape index (κ1) is 15.2. The van der Waals surface area contributed by atoms with Crippen LogP contribution in [0.2, 0.25) is 0 Å². The molecule has 0 nitrogen and oxygen atoms in total. The van der Waals surface area contributed by atoms with Gasteiger partial charge in [-0.2, -0.15) is 18.2 Å². The van der Waals surface area contributed by atoms with Gasteiger partial charge in [0.05, 0.1) is 0 Å². The summed E-state index contributed by atoms with van der Waals surface area (Å²) in [6.07, 6.45) is 30.0. The summed E-state index contributed by atoms with van der Waals surface area (Å²) in [5.41, 5.74) is 0. The minimum atomic E-state index is 0. The summed E-state index contributed by atoms with van der Waals surface area (Å²) in [7, 11) is 0. The average Bonchev–Trinajstić information content (AvgIpc) is 3.09. The van der Waals surface area contributed by atoms with Crippen molar-refractivity contribution in [3.05, 3.63) is 72.9 Å². The molecule has 0 saturated carbocycles. The molecule has 0 aromatic heterocycles. The van der Waals surface area contributed by atoms with E-state index in [9.17, 15) is 0 Å². The van der Waals surface area contributed by atoms with Gasteiger partial charge < -0.3 is 0 Å². The van der Waals surface area contributed by atoms with Crippen LogP contribution in [0, 0.1) is 18.2 Å². The molecule has 0 fully saturated rings. The second-order valence-corrected chi connectivity index (χ2v) is 3.01. The molecular weight excluding hydrogens is 228 g/mol. The minimum absolute atomic E-state index is 0. The van der Waals surface area contributed by atoms with Gasteiger partial charge in [-0.15, -0.1) is 19.3 Å². The normalized spacial score (nSPS) is 16.5. The van der Waals surface area contributed by atoms with Crippen molar-refractivity contribution in [3.8, 4) is 0 Å². The third-order valence-electron chi connectivity index (χ3n) is 1.76. The summed E-state index contributed by atoms with van der Waals surface area (Å²) in [5.74, 6) is 0. The van der Waals surface area contributed by atoms with E-state index >= 15 is 0 Å². The van der Waals surface area contributed by atoms with Gasteiger partial charge in [0.2, 0.25) is 0 Å². The van der Waals surface area contributed by atoms with Gasteiger partial charge in [0.25, 0.3) is 0 Å². The van der Waals surface area contributed by atoms with E-state index in [0.29, 0.717) is 0 Å². The Morgan fingerprint density at radius 1 is 0.562 bits per heavy atom. The fraction of sp³-hybridized carbons (Fsp3) is 0.200. The third-order valence-corrected chi connectivity index (χ3v) is 1.76. The van der Waals surface area contributed by atoms with Crippen LogP contribution in [0.3, 0.4) is 0 Å². The Morgan fingerprint density at radius 3 is 0.938 bits per heavy atom. The smallest absolute Gasteiger partial charge is 0.273 e. The monoisotopic (exact) mass is 243 g/mol. The van der Waals surface area contributed by atoms with Gasteiger partial charge >= 0.3 is 21.7 Å². The Labute approximate surface area is 114 Å². The summed E-state index contributed by atoms with van der Waals surface area (Å²) in [4.78, 5) is 0. The molecule has 1 heteroatoms. The zero-order valence-corrected chi connectivity index (χ0v) is 10.9. The van der Waals surface area contributed by atoms with Gasteiger partial charge in [-0.25, -0.2) is 36.5 Å². The molecule has 3 rings (SSSR count). The van der Waals surface area contributed by atoms with E-state index in [0.717, 1.165) is 19.3 Å². The SMILES string of the molecule is [C-]1=CC=CC1.[C-]1=CC=CC1.[C-]1=CC=CC1.[Ti+3]. The van der Waals surface area contributed by atoms with Gasteiger partial charge in [0.1, 0.15) is 0 Å². The Morgan fingerprint density at radius 2 is 0.875 bits per heavy atom. The second kappa shape index (κ2) is 12.2. The first-order valence-corrected chi connectivity index (χ1v) is 5.15. The summed E-state index contributed by atoms with van der Waals surface area (Å²) in [5, 5.41) is 0. The molecule has 3 aliphatic carbocycles. The molecule has 0 atom stereocenters. The topological polar surface area (TPSA) is 0 Å². The first-order chi connectivity index (χ1) is 7.50. The zero-order chi connectivity index (χ0) is 10.6. The average molecular weight is 243 g/mol. The van der Waals surface area contributed by atoms with Gasteiger partial charge in [-0.1, -0.05) is 0 Å². The standard InChI is InChI=1S/3C5H5.Ti/c3*1-2-4-5-3-1;/h3*1-3H,4H2;/q3*-1;+3. The van der Waals surface area contributed by atoms with E-state index in [1.54, 1.807) is 0 Å². The van der Waals surface area contributed by atoms with Crippen LogP contribution >= 0.6 is 0 Å². The molecule has 0 saturated heterocycles. The van der Waals surface area contributed by atoms with Crippen molar-refractivity contribution in [1.29, 1.82) is 0 Å². The summed E-state index contributed by atoms with van der Waals surface area (Å²) in [6, 6.07) is 0. The van der Waals surface area contributed by atoms with Crippen molar-refractivity contribution in [1.82, 2.24) is 0 Å². The summed E-state index contributed by atoms with van der Waals surface area (Å²) in [6.45, 7) is 0. The maximum atomic E-state index is 2.99. The Hall–Kier alpha value is -0.846. The molecular formula is C15H15Ti. The van der Waals surface area contributed by atoms with Crippen LogP contribution in [-0.4, -0.2) is 0 Å². The van der Waals surface area contributed by atoms with Gasteiger partial charge in [0.15, 0.2) is 0 Å². The van der Waals surface area contributed by atoms with Gasteiger partial charge in [-0.05, 0) is 0 Å². The van der Waals surface area contributed by atoms with Crippen LogP contribution < -0.4 is 0 Å². The van der Waals surface area contributed by atoms with Crippen molar-refractivity contribution in [2.24, 2.45) is 0 Å². The van der Waals surface area contributed by atoms with Crippen molar-refractivity contribution >= 4 is 0 Å². The van der Waals surface area contributed by atoms with E-state index in [1.165, 1.54) is 0 Å². The molecule has 0 N–H and O–H groups in total. The van der Waals surface area contributed by atoms with E-state index in [-0.39, 0.29) is 21.7 Å². The summed E-state index contributed by atoms with van der Waals surface area (Å²) < 4.78 is 0. The van der Waals surface area contributed by atoms with Crippen molar-refractivity contribution < 1.29 is 21.7 Å². The molecule has 16 heavy (non-hydrogen) atoms. The molecule has 1 radical (unpaired) electrons. The minimum Gasteiger partial charge on any atom is -0.273 e. The van der Waals surface area contributed by atoms with Crippen LogP contribution in [0.25, 0.3) is 0 Å². The second-order valence-electron chi connectivity index (χ2n) is 3.01. The molecule has 0 aromatic carbocycles. The maximum absolute atomic E-state index is 2.99. The number of rotatable bonds is 0. The van der Waals surface area contributed by atoms with Crippen molar-refractivity contribution in [2.45, 2.75) is 19.3 Å². The van der Waals surface area contributed by atoms with Crippen molar-refractivity contribution in [2.75, 3.05) is 0 Å². The van der Waals surface area contributed by atoms with Crippen LogP contribution in [0.1, 0.15) is 19.3 Å². The maximum Gasteiger partial charge on any atom is 3.00 e. The predicted molar refractivity (Wildman–Crippen MR) is 64.7 cm³/mol. The Balaban J connectivity index is 0.000000205. The van der Waals surface area contributed by atoms with Gasteiger partial charge in [0, 0.05) is 0 Å². The molecule has 0 amide bonds. The fourth-order valence-electron chi connectivity index (χ4n) is 1.02. The number of hydrogen-bond donors (Lipinski definition) is 0. The molecule has 0 spiro atoms. The molecule has 0 aromatic rings. The molecule has 0 heterocycles. The van der Waals surface area contributed by atoms with E-state index < -0.39 is 0 Å². The Bertz CT molecular complexity index is 232.